The van der Waals surface area contributed by atoms with E-state index in [0.717, 1.165) is 38.5 Å². The van der Waals surface area contributed by atoms with E-state index in [4.69, 9.17) is 15.2 Å². The van der Waals surface area contributed by atoms with Gasteiger partial charge in [0, 0.05) is 36.2 Å². The highest BCUT2D eigenvalue weighted by Gasteiger charge is 2.38. The molecule has 5 rings (SSSR count). The van der Waals surface area contributed by atoms with Crippen molar-refractivity contribution in [3.8, 4) is 11.1 Å². The number of hydrogen-bond donors (Lipinski definition) is 2. The summed E-state index contributed by atoms with van der Waals surface area (Å²) in [6.45, 7) is 2.67. The average Bonchev–Trinajstić information content (AvgIpc) is 2.97. The van der Waals surface area contributed by atoms with Crippen LogP contribution in [-0.2, 0) is 22.6 Å². The summed E-state index contributed by atoms with van der Waals surface area (Å²) < 4.78 is 13.1. The molecule has 0 bridgehead atoms. The molecule has 190 valence electrons. The number of benzene rings is 3. The van der Waals surface area contributed by atoms with Crippen LogP contribution in [0.3, 0.4) is 0 Å². The quantitative estimate of drug-likeness (QED) is 0.231. The lowest BCUT2D eigenvalue weighted by atomic mass is 9.91. The van der Waals surface area contributed by atoms with E-state index in [2.05, 4.69) is 53.3 Å². The number of nitrogens with zero attached hydrogens (tertiary/aromatic N) is 2. The van der Waals surface area contributed by atoms with Crippen molar-refractivity contribution in [2.75, 3.05) is 5.75 Å². The minimum absolute atomic E-state index is 0.0169. The highest BCUT2D eigenvalue weighted by molar-refractivity contribution is 7.99. The van der Waals surface area contributed by atoms with Crippen molar-refractivity contribution in [2.24, 2.45) is 11.7 Å². The van der Waals surface area contributed by atoms with Gasteiger partial charge in [-0.3, -0.25) is 0 Å². The van der Waals surface area contributed by atoms with Crippen LogP contribution in [0.25, 0.3) is 11.1 Å². The van der Waals surface area contributed by atoms with Crippen molar-refractivity contribution < 1.29 is 14.6 Å². The van der Waals surface area contributed by atoms with Gasteiger partial charge >= 0.3 is 0 Å². The van der Waals surface area contributed by atoms with Crippen LogP contribution in [0, 0.1) is 5.92 Å². The Hall–Kier alpha value is -3.07. The van der Waals surface area contributed by atoms with Crippen molar-refractivity contribution in [3.63, 3.8) is 0 Å². The van der Waals surface area contributed by atoms with Gasteiger partial charge in [0.25, 0.3) is 0 Å². The summed E-state index contributed by atoms with van der Waals surface area (Å²) in [4.78, 5) is 8.69. The van der Waals surface area contributed by atoms with Crippen LogP contribution in [0.5, 0.6) is 0 Å². The lowest BCUT2D eigenvalue weighted by Gasteiger charge is -2.41. The molecule has 1 saturated heterocycles. The molecule has 37 heavy (non-hydrogen) atoms. The SMILES string of the molecule is CC1C(CSc2ncccn2)OC(c2ccc(-c3ccccc3CN)cc2)OC1c1ccc(CO)cc1. The van der Waals surface area contributed by atoms with Crippen LogP contribution < -0.4 is 5.73 Å². The molecule has 0 aliphatic carbocycles. The number of nitrogens with two attached hydrogens (primary N) is 1. The van der Waals surface area contributed by atoms with Crippen LogP contribution >= 0.6 is 11.8 Å². The Labute approximate surface area is 221 Å². The third-order valence-electron chi connectivity index (χ3n) is 6.77. The number of thioether (sulfide) groups is 1. The van der Waals surface area contributed by atoms with Crippen LogP contribution in [0.2, 0.25) is 0 Å². The smallest absolute Gasteiger partial charge is 0.187 e. The molecule has 1 aromatic heterocycles. The maximum atomic E-state index is 9.47. The molecule has 6 nitrogen and oxygen atoms in total. The molecular weight excluding hydrogens is 482 g/mol. The zero-order valence-corrected chi connectivity index (χ0v) is 21.6. The van der Waals surface area contributed by atoms with Crippen LogP contribution in [0.4, 0.5) is 0 Å². The molecule has 3 aromatic carbocycles. The third-order valence-corrected chi connectivity index (χ3v) is 7.74. The molecule has 0 spiro atoms. The highest BCUT2D eigenvalue weighted by Crippen LogP contribution is 2.43. The van der Waals surface area contributed by atoms with E-state index in [0.29, 0.717) is 12.3 Å². The molecule has 1 aliphatic rings. The summed E-state index contributed by atoms with van der Waals surface area (Å²) in [5.41, 5.74) is 12.2. The summed E-state index contributed by atoms with van der Waals surface area (Å²) in [6, 6.07) is 26.3. The number of aliphatic hydroxyl groups is 1. The van der Waals surface area contributed by atoms with Gasteiger partial charge in [0.05, 0.1) is 18.8 Å². The Morgan fingerprint density at radius 1 is 0.865 bits per heavy atom. The molecule has 4 aromatic rings. The molecular formula is C30H31N3O3S. The highest BCUT2D eigenvalue weighted by atomic mass is 32.2. The summed E-state index contributed by atoms with van der Waals surface area (Å²) >= 11 is 1.59. The Balaban J connectivity index is 1.40. The van der Waals surface area contributed by atoms with Gasteiger partial charge in [-0.25, -0.2) is 9.97 Å². The van der Waals surface area contributed by atoms with E-state index in [-0.39, 0.29) is 24.7 Å². The first kappa shape index (κ1) is 25.6. The second-order valence-corrected chi connectivity index (χ2v) is 10.1. The van der Waals surface area contributed by atoms with Gasteiger partial charge < -0.3 is 20.3 Å². The average molecular weight is 514 g/mol. The van der Waals surface area contributed by atoms with E-state index in [1.165, 1.54) is 0 Å². The molecule has 7 heteroatoms. The Morgan fingerprint density at radius 2 is 1.57 bits per heavy atom. The first-order valence-corrected chi connectivity index (χ1v) is 13.4. The molecule has 1 aliphatic heterocycles. The second-order valence-electron chi connectivity index (χ2n) is 9.15. The Bertz CT molecular complexity index is 1290. The number of hydrogen-bond acceptors (Lipinski definition) is 7. The van der Waals surface area contributed by atoms with Crippen LogP contribution in [0.1, 0.15) is 41.6 Å². The first-order valence-electron chi connectivity index (χ1n) is 12.4. The molecule has 4 unspecified atom stereocenters. The van der Waals surface area contributed by atoms with Gasteiger partial charge in [-0.15, -0.1) is 0 Å². The van der Waals surface area contributed by atoms with E-state index in [1.54, 1.807) is 24.2 Å². The van der Waals surface area contributed by atoms with E-state index < -0.39 is 6.29 Å². The standard InChI is InChI=1S/C30H31N3O3S/c1-20-27(19-37-30-32-15-4-16-33-30)35-29(36-28(20)23-9-7-21(18-34)8-10-23)24-13-11-22(12-14-24)26-6-3-2-5-25(26)17-31/h2-16,20,27-29,34H,17-19,31H2,1H3. The molecule has 4 atom stereocenters. The van der Waals surface area contributed by atoms with Gasteiger partial charge in [0.1, 0.15) is 0 Å². The van der Waals surface area contributed by atoms with Crippen LogP contribution in [-0.4, -0.2) is 26.9 Å². The number of aliphatic hydroxyl groups excluding tert-OH is 1. The van der Waals surface area contributed by atoms with Gasteiger partial charge in [-0.2, -0.15) is 0 Å². The van der Waals surface area contributed by atoms with E-state index in [1.807, 2.05) is 42.5 Å². The first-order chi connectivity index (χ1) is 18.2. The Morgan fingerprint density at radius 3 is 2.27 bits per heavy atom. The van der Waals surface area contributed by atoms with Gasteiger partial charge in [-0.1, -0.05) is 91.5 Å². The van der Waals surface area contributed by atoms with Gasteiger partial charge in [0.15, 0.2) is 11.4 Å². The molecule has 0 radical (unpaired) electrons. The zero-order valence-electron chi connectivity index (χ0n) is 20.7. The van der Waals surface area contributed by atoms with Gasteiger partial charge in [-0.05, 0) is 33.9 Å². The zero-order chi connectivity index (χ0) is 25.6. The summed E-state index contributed by atoms with van der Waals surface area (Å²) in [5, 5.41) is 10.2. The maximum Gasteiger partial charge on any atom is 0.187 e. The predicted molar refractivity (Wildman–Crippen MR) is 145 cm³/mol. The number of ether oxygens (including phenoxy) is 2. The summed E-state index contributed by atoms with van der Waals surface area (Å²) in [7, 11) is 0. The Kier molecular flexibility index (Phi) is 8.28. The van der Waals surface area contributed by atoms with Crippen molar-refractivity contribution >= 4 is 11.8 Å². The molecule has 3 N–H and O–H groups in total. The molecule has 2 heterocycles. The number of rotatable bonds is 8. The minimum Gasteiger partial charge on any atom is -0.392 e. The molecule has 1 fully saturated rings. The third kappa shape index (κ3) is 5.92. The van der Waals surface area contributed by atoms with Crippen molar-refractivity contribution in [3.05, 3.63) is 114 Å². The summed E-state index contributed by atoms with van der Waals surface area (Å²) in [5.74, 6) is 0.807. The normalized spacial score (nSPS) is 21.6. The fourth-order valence-corrected chi connectivity index (χ4v) is 5.59. The monoisotopic (exact) mass is 513 g/mol. The van der Waals surface area contributed by atoms with Crippen molar-refractivity contribution in [2.45, 2.75) is 43.7 Å². The van der Waals surface area contributed by atoms with E-state index in [9.17, 15) is 5.11 Å². The van der Waals surface area contributed by atoms with E-state index >= 15 is 0 Å². The largest absolute Gasteiger partial charge is 0.392 e. The van der Waals surface area contributed by atoms with Crippen molar-refractivity contribution in [1.29, 1.82) is 0 Å². The molecule has 0 amide bonds. The fraction of sp³-hybridized carbons (Fsp3) is 0.267. The van der Waals surface area contributed by atoms with Gasteiger partial charge in [0.2, 0.25) is 0 Å². The molecule has 0 saturated carbocycles. The van der Waals surface area contributed by atoms with Crippen molar-refractivity contribution in [1.82, 2.24) is 9.97 Å². The second kappa shape index (κ2) is 12.0. The minimum atomic E-state index is -0.514. The lowest BCUT2D eigenvalue weighted by Crippen LogP contribution is -2.38. The summed E-state index contributed by atoms with van der Waals surface area (Å²) in [6.07, 6.45) is 2.75. The maximum absolute atomic E-state index is 9.47. The predicted octanol–water partition coefficient (Wildman–Crippen LogP) is 5.68. The number of aromatic nitrogens is 2. The fourth-order valence-electron chi connectivity index (χ4n) is 4.63. The van der Waals surface area contributed by atoms with Crippen LogP contribution in [0.15, 0.2) is 96.4 Å². The topological polar surface area (TPSA) is 90.5 Å². The lowest BCUT2D eigenvalue weighted by molar-refractivity contribution is -0.268.